The predicted octanol–water partition coefficient (Wildman–Crippen LogP) is 6.85. The lowest BCUT2D eigenvalue weighted by Gasteiger charge is -2.36. The number of carbonyl (C=O) groups excluding carboxylic acids is 1. The Morgan fingerprint density at radius 1 is 1.05 bits per heavy atom. The van der Waals surface area contributed by atoms with Gasteiger partial charge in [0.05, 0.1) is 17.1 Å². The summed E-state index contributed by atoms with van der Waals surface area (Å²) >= 11 is 0. The number of aryl methyl sites for hydroxylation is 1. The zero-order valence-electron chi connectivity index (χ0n) is 21.8. The van der Waals surface area contributed by atoms with Gasteiger partial charge in [0, 0.05) is 54.2 Å². The number of hydrogen-bond donors (Lipinski definition) is 1. The van der Waals surface area contributed by atoms with Crippen LogP contribution < -0.4 is 10.2 Å². The van der Waals surface area contributed by atoms with Crippen LogP contribution in [0.5, 0.6) is 0 Å². The topological polar surface area (TPSA) is 57.7 Å². The number of amides is 1. The van der Waals surface area contributed by atoms with E-state index in [-0.39, 0.29) is 11.7 Å². The molecule has 0 aliphatic carbocycles. The van der Waals surface area contributed by atoms with Crippen molar-refractivity contribution < 1.29 is 22.7 Å². The lowest BCUT2D eigenvalue weighted by atomic mass is 10.0. The van der Waals surface area contributed by atoms with Gasteiger partial charge in [-0.2, -0.15) is 0 Å². The summed E-state index contributed by atoms with van der Waals surface area (Å²) < 4.78 is 46.7. The summed E-state index contributed by atoms with van der Waals surface area (Å²) in [5.41, 5.74) is 2.30. The highest BCUT2D eigenvalue weighted by molar-refractivity contribution is 5.94. The minimum Gasteiger partial charge on any atom is -0.444 e. The van der Waals surface area contributed by atoms with Crippen LogP contribution in [0.4, 0.5) is 29.3 Å². The minimum atomic E-state index is -2.88. The van der Waals surface area contributed by atoms with Gasteiger partial charge in [-0.25, -0.2) is 18.0 Å². The number of alkyl halides is 2. The van der Waals surface area contributed by atoms with Gasteiger partial charge in [-0.1, -0.05) is 18.2 Å². The lowest BCUT2D eigenvalue weighted by molar-refractivity contribution is 0.0240. The van der Waals surface area contributed by atoms with E-state index in [0.717, 1.165) is 34.0 Å². The van der Waals surface area contributed by atoms with Crippen molar-refractivity contribution >= 4 is 28.4 Å². The Morgan fingerprint density at radius 3 is 2.38 bits per heavy atom. The summed E-state index contributed by atoms with van der Waals surface area (Å²) in [6.07, 6.45) is -3.19. The molecule has 1 aromatic heterocycles. The number of anilines is 2. The molecule has 1 atom stereocenters. The van der Waals surface area contributed by atoms with Crippen LogP contribution in [0.2, 0.25) is 0 Å². The molecular weight excluding hydrogens is 481 g/mol. The second-order valence-electron chi connectivity index (χ2n) is 10.4. The number of halogens is 3. The van der Waals surface area contributed by atoms with Gasteiger partial charge in [-0.3, -0.25) is 4.98 Å². The number of ether oxygens (including phenoxy) is 1. The number of hydrogen-bond acceptors (Lipinski definition) is 5. The molecule has 0 radical (unpaired) electrons. The van der Waals surface area contributed by atoms with Crippen molar-refractivity contribution in [1.29, 1.82) is 0 Å². The van der Waals surface area contributed by atoms with E-state index in [2.05, 4.69) is 15.2 Å². The van der Waals surface area contributed by atoms with E-state index in [0.29, 0.717) is 26.2 Å². The van der Waals surface area contributed by atoms with Crippen molar-refractivity contribution in [2.24, 2.45) is 0 Å². The van der Waals surface area contributed by atoms with Crippen LogP contribution >= 0.6 is 0 Å². The number of nitrogens with one attached hydrogen (secondary N) is 1. The highest BCUT2D eigenvalue weighted by atomic mass is 19.3. The first-order valence-electron chi connectivity index (χ1n) is 12.4. The quantitative estimate of drug-likeness (QED) is 0.404. The van der Waals surface area contributed by atoms with Gasteiger partial charge in [-0.05, 0) is 58.9 Å². The van der Waals surface area contributed by atoms with Crippen LogP contribution in [-0.4, -0.2) is 47.8 Å². The van der Waals surface area contributed by atoms with Gasteiger partial charge in [0.2, 0.25) is 0 Å². The van der Waals surface area contributed by atoms with Crippen molar-refractivity contribution in [2.75, 3.05) is 36.4 Å². The number of aromatic nitrogens is 1. The third-order valence-electron chi connectivity index (χ3n) is 6.35. The summed E-state index contributed by atoms with van der Waals surface area (Å²) in [5.74, 6) is -0.892. The van der Waals surface area contributed by atoms with Crippen LogP contribution in [0, 0.1) is 12.7 Å². The Morgan fingerprint density at radius 2 is 1.73 bits per heavy atom. The summed E-state index contributed by atoms with van der Waals surface area (Å²) in [4.78, 5) is 20.9. The minimum absolute atomic E-state index is 0.176. The summed E-state index contributed by atoms with van der Waals surface area (Å²) in [7, 11) is 0. The second-order valence-corrected chi connectivity index (χ2v) is 10.4. The van der Waals surface area contributed by atoms with Gasteiger partial charge in [0.25, 0.3) is 6.43 Å². The molecule has 198 valence electrons. The Bertz CT molecular complexity index is 1280. The SMILES string of the molecule is Cc1cc(N[C@H](C)c2cccc(C(F)F)c2F)c2cc(N3CCN(C(=O)OC(C)(C)C)CC3)ccc2n1. The molecule has 1 aliphatic heterocycles. The standard InChI is InChI=1S/C28H33F3N4O2/c1-17-15-24(33-18(2)20-7-6-8-21(25(20)29)26(30)31)22-16-19(9-10-23(22)32-17)34-11-13-35(14-12-34)27(36)37-28(3,4)5/h6-10,15-16,18,26H,11-14H2,1-5H3,(H,32,33)/t18-/m1/s1. The van der Waals surface area contributed by atoms with E-state index in [1.807, 2.05) is 52.0 Å². The van der Waals surface area contributed by atoms with Gasteiger partial charge in [0.15, 0.2) is 0 Å². The van der Waals surface area contributed by atoms with Crippen molar-refractivity contribution in [3.8, 4) is 0 Å². The highest BCUT2D eigenvalue weighted by Crippen LogP contribution is 2.33. The van der Waals surface area contributed by atoms with E-state index >= 15 is 0 Å². The third-order valence-corrected chi connectivity index (χ3v) is 6.35. The van der Waals surface area contributed by atoms with Gasteiger partial charge >= 0.3 is 6.09 Å². The fraction of sp³-hybridized carbons (Fsp3) is 0.429. The first-order valence-corrected chi connectivity index (χ1v) is 12.4. The van der Waals surface area contributed by atoms with E-state index in [1.54, 1.807) is 11.8 Å². The smallest absolute Gasteiger partial charge is 0.410 e. The number of piperazine rings is 1. The molecule has 3 aromatic rings. The maximum Gasteiger partial charge on any atom is 0.410 e. The average molecular weight is 515 g/mol. The molecule has 0 spiro atoms. The van der Waals surface area contributed by atoms with Crippen molar-refractivity contribution in [3.05, 3.63) is 65.1 Å². The van der Waals surface area contributed by atoms with Crippen molar-refractivity contribution in [1.82, 2.24) is 9.88 Å². The molecule has 37 heavy (non-hydrogen) atoms. The van der Waals surface area contributed by atoms with Gasteiger partial charge in [0.1, 0.15) is 11.4 Å². The molecular formula is C28H33F3N4O2. The van der Waals surface area contributed by atoms with Crippen LogP contribution in [-0.2, 0) is 4.74 Å². The molecule has 2 aromatic carbocycles. The predicted molar refractivity (Wildman–Crippen MR) is 140 cm³/mol. The monoisotopic (exact) mass is 514 g/mol. The van der Waals surface area contributed by atoms with E-state index in [1.165, 1.54) is 12.1 Å². The summed E-state index contributed by atoms with van der Waals surface area (Å²) in [6.45, 7) is 11.5. The molecule has 1 amide bonds. The molecule has 1 N–H and O–H groups in total. The van der Waals surface area contributed by atoms with E-state index in [4.69, 9.17) is 4.74 Å². The highest BCUT2D eigenvalue weighted by Gasteiger charge is 2.26. The number of pyridine rings is 1. The molecule has 1 saturated heterocycles. The summed E-state index contributed by atoms with van der Waals surface area (Å²) in [5, 5.41) is 4.15. The number of fused-ring (bicyclic) bond motifs is 1. The Balaban J connectivity index is 1.56. The molecule has 6 nitrogen and oxygen atoms in total. The first kappa shape index (κ1) is 26.6. The molecule has 0 saturated carbocycles. The van der Waals surface area contributed by atoms with E-state index in [9.17, 15) is 18.0 Å². The van der Waals surface area contributed by atoms with Crippen LogP contribution in [0.25, 0.3) is 10.9 Å². The Labute approximate surface area is 215 Å². The second kappa shape index (κ2) is 10.5. The molecule has 0 unspecified atom stereocenters. The largest absolute Gasteiger partial charge is 0.444 e. The third kappa shape index (κ3) is 6.09. The lowest BCUT2D eigenvalue weighted by Crippen LogP contribution is -2.50. The van der Waals surface area contributed by atoms with Crippen LogP contribution in [0.1, 0.15) is 57.0 Å². The summed E-state index contributed by atoms with van der Waals surface area (Å²) in [6, 6.07) is 11.3. The van der Waals surface area contributed by atoms with E-state index < -0.39 is 29.4 Å². The first-order chi connectivity index (χ1) is 17.4. The zero-order chi connectivity index (χ0) is 26.9. The maximum absolute atomic E-state index is 14.8. The average Bonchev–Trinajstić information content (AvgIpc) is 2.82. The Hall–Kier alpha value is -3.49. The molecule has 9 heteroatoms. The Kier molecular flexibility index (Phi) is 7.52. The molecule has 1 aliphatic rings. The number of nitrogens with zero attached hydrogens (tertiary/aromatic N) is 3. The van der Waals surface area contributed by atoms with Crippen molar-refractivity contribution in [3.63, 3.8) is 0 Å². The maximum atomic E-state index is 14.8. The molecule has 2 heterocycles. The molecule has 4 rings (SSSR count). The van der Waals surface area contributed by atoms with Gasteiger partial charge in [-0.15, -0.1) is 0 Å². The van der Waals surface area contributed by atoms with Crippen molar-refractivity contribution in [2.45, 2.75) is 52.7 Å². The van der Waals surface area contributed by atoms with Crippen LogP contribution in [0.3, 0.4) is 0 Å². The molecule has 1 fully saturated rings. The number of carbonyl (C=O) groups is 1. The number of rotatable bonds is 5. The normalized spacial score (nSPS) is 15.3. The molecule has 0 bridgehead atoms. The zero-order valence-corrected chi connectivity index (χ0v) is 21.8. The number of benzene rings is 2. The van der Waals surface area contributed by atoms with Gasteiger partial charge < -0.3 is 19.9 Å². The fourth-order valence-corrected chi connectivity index (χ4v) is 4.52. The fourth-order valence-electron chi connectivity index (χ4n) is 4.52. The van der Waals surface area contributed by atoms with Crippen LogP contribution in [0.15, 0.2) is 42.5 Å².